The molecule has 0 atom stereocenters. The molecule has 0 bridgehead atoms. The Balaban J connectivity index is 0.00000172. The Labute approximate surface area is 119 Å². The van der Waals surface area contributed by atoms with Crippen molar-refractivity contribution >= 4 is 0 Å². The molecule has 0 spiro atoms. The van der Waals surface area contributed by atoms with Gasteiger partial charge in [0.15, 0.2) is 0 Å². The van der Waals surface area contributed by atoms with Crippen LogP contribution in [-0.4, -0.2) is 13.2 Å². The second-order valence-corrected chi connectivity index (χ2v) is 4.40. The standard InChI is InChI=1S/C13H18F3NO.C2H6/c1-9(2)11-5-4-10(13(14,15)16)8-12(11)18-7-3-6-17;1-2/h4-5,8-9H,3,6-7,17H2,1-2H3;1-2H3. The van der Waals surface area contributed by atoms with Gasteiger partial charge >= 0.3 is 6.18 Å². The Morgan fingerprint density at radius 3 is 2.25 bits per heavy atom. The summed E-state index contributed by atoms with van der Waals surface area (Å²) in [6.07, 6.45) is -3.73. The van der Waals surface area contributed by atoms with E-state index in [1.54, 1.807) is 0 Å². The highest BCUT2D eigenvalue weighted by Crippen LogP contribution is 2.35. The van der Waals surface area contributed by atoms with Gasteiger partial charge in [0, 0.05) is 0 Å². The van der Waals surface area contributed by atoms with Gasteiger partial charge in [0.05, 0.1) is 12.2 Å². The Bertz CT molecular complexity index is 389. The van der Waals surface area contributed by atoms with Gasteiger partial charge in [-0.15, -0.1) is 0 Å². The molecule has 0 unspecified atom stereocenters. The number of benzene rings is 1. The van der Waals surface area contributed by atoms with Crippen molar-refractivity contribution < 1.29 is 17.9 Å². The van der Waals surface area contributed by atoms with Crippen LogP contribution in [0.2, 0.25) is 0 Å². The summed E-state index contributed by atoms with van der Waals surface area (Å²) in [6.45, 7) is 8.62. The van der Waals surface area contributed by atoms with Gasteiger partial charge in [-0.2, -0.15) is 13.2 Å². The topological polar surface area (TPSA) is 35.2 Å². The first-order chi connectivity index (χ1) is 9.36. The van der Waals surface area contributed by atoms with Gasteiger partial charge in [-0.05, 0) is 36.6 Å². The van der Waals surface area contributed by atoms with Crippen LogP contribution in [0.1, 0.15) is 51.2 Å². The molecule has 1 aromatic carbocycles. The van der Waals surface area contributed by atoms with E-state index in [0.717, 1.165) is 17.7 Å². The summed E-state index contributed by atoms with van der Waals surface area (Å²) in [5.74, 6) is 0.411. The third-order valence-electron chi connectivity index (χ3n) is 2.57. The number of rotatable bonds is 5. The number of hydrogen-bond donors (Lipinski definition) is 1. The van der Waals surface area contributed by atoms with Crippen LogP contribution >= 0.6 is 0 Å². The van der Waals surface area contributed by atoms with Crippen molar-refractivity contribution in [2.75, 3.05) is 13.2 Å². The molecule has 2 N–H and O–H groups in total. The molecule has 1 aromatic rings. The van der Waals surface area contributed by atoms with Crippen molar-refractivity contribution in [2.45, 2.75) is 46.2 Å². The first-order valence-corrected chi connectivity index (χ1v) is 6.90. The van der Waals surface area contributed by atoms with E-state index >= 15 is 0 Å². The summed E-state index contributed by atoms with van der Waals surface area (Å²) in [5, 5.41) is 0. The molecule has 0 fully saturated rings. The molecule has 20 heavy (non-hydrogen) atoms. The zero-order valence-electron chi connectivity index (χ0n) is 12.6. The molecule has 2 nitrogen and oxygen atoms in total. The third-order valence-corrected chi connectivity index (χ3v) is 2.57. The molecule has 116 valence electrons. The Hall–Kier alpha value is -1.23. The summed E-state index contributed by atoms with van der Waals surface area (Å²) in [5.41, 5.74) is 5.42. The maximum absolute atomic E-state index is 12.6. The van der Waals surface area contributed by atoms with Crippen molar-refractivity contribution in [1.82, 2.24) is 0 Å². The lowest BCUT2D eigenvalue weighted by molar-refractivity contribution is -0.137. The summed E-state index contributed by atoms with van der Waals surface area (Å²) >= 11 is 0. The fourth-order valence-electron chi connectivity index (χ4n) is 1.58. The SMILES string of the molecule is CC.CC(C)c1ccc(C(F)(F)F)cc1OCCCN. The van der Waals surface area contributed by atoms with E-state index in [9.17, 15) is 13.2 Å². The number of nitrogens with two attached hydrogens (primary N) is 1. The van der Waals surface area contributed by atoms with Crippen molar-refractivity contribution in [3.63, 3.8) is 0 Å². The number of alkyl halides is 3. The lowest BCUT2D eigenvalue weighted by atomic mass is 10.00. The summed E-state index contributed by atoms with van der Waals surface area (Å²) in [7, 11) is 0. The predicted molar refractivity (Wildman–Crippen MR) is 76.0 cm³/mol. The van der Waals surface area contributed by atoms with Crippen LogP contribution in [0.4, 0.5) is 13.2 Å². The lowest BCUT2D eigenvalue weighted by Gasteiger charge is -2.16. The molecule has 0 heterocycles. The van der Waals surface area contributed by atoms with E-state index in [1.807, 2.05) is 27.7 Å². The molecule has 0 saturated heterocycles. The minimum Gasteiger partial charge on any atom is -0.493 e. The van der Waals surface area contributed by atoms with Crippen molar-refractivity contribution in [1.29, 1.82) is 0 Å². The maximum atomic E-state index is 12.6. The van der Waals surface area contributed by atoms with Gasteiger partial charge in [-0.25, -0.2) is 0 Å². The van der Waals surface area contributed by atoms with E-state index in [0.29, 0.717) is 25.3 Å². The van der Waals surface area contributed by atoms with Gasteiger partial charge in [0.2, 0.25) is 0 Å². The first kappa shape index (κ1) is 18.8. The molecule has 1 rings (SSSR count). The summed E-state index contributed by atoms with van der Waals surface area (Å²) in [4.78, 5) is 0. The fraction of sp³-hybridized carbons (Fsp3) is 0.600. The van der Waals surface area contributed by atoms with Crippen LogP contribution in [0.25, 0.3) is 0 Å². The maximum Gasteiger partial charge on any atom is 0.416 e. The normalized spacial score (nSPS) is 11.1. The van der Waals surface area contributed by atoms with Crippen LogP contribution in [0.5, 0.6) is 5.75 Å². The average Bonchev–Trinajstić information content (AvgIpc) is 2.40. The molecule has 0 aliphatic carbocycles. The summed E-state index contributed by atoms with van der Waals surface area (Å²) in [6, 6.07) is 3.63. The Morgan fingerprint density at radius 1 is 1.20 bits per heavy atom. The quantitative estimate of drug-likeness (QED) is 0.806. The van der Waals surface area contributed by atoms with Gasteiger partial charge in [0.1, 0.15) is 5.75 Å². The van der Waals surface area contributed by atoms with E-state index in [4.69, 9.17) is 10.5 Å². The zero-order chi connectivity index (χ0) is 15.8. The minimum atomic E-state index is -4.35. The molecule has 0 amide bonds. The number of halogens is 3. The van der Waals surface area contributed by atoms with Crippen molar-refractivity contribution in [3.8, 4) is 5.75 Å². The molecule has 0 radical (unpaired) electrons. The largest absolute Gasteiger partial charge is 0.493 e. The highest BCUT2D eigenvalue weighted by Gasteiger charge is 2.31. The Morgan fingerprint density at radius 2 is 1.80 bits per heavy atom. The minimum absolute atomic E-state index is 0.111. The van der Waals surface area contributed by atoms with E-state index < -0.39 is 11.7 Å². The van der Waals surface area contributed by atoms with Gasteiger partial charge in [-0.1, -0.05) is 33.8 Å². The molecule has 0 aliphatic heterocycles. The number of hydrogen-bond acceptors (Lipinski definition) is 2. The first-order valence-electron chi connectivity index (χ1n) is 6.90. The van der Waals surface area contributed by atoms with Gasteiger partial charge in [-0.3, -0.25) is 0 Å². The van der Waals surface area contributed by atoms with E-state index in [-0.39, 0.29) is 5.92 Å². The smallest absolute Gasteiger partial charge is 0.416 e. The van der Waals surface area contributed by atoms with Crippen LogP contribution in [0, 0.1) is 0 Å². The van der Waals surface area contributed by atoms with Crippen LogP contribution in [-0.2, 0) is 6.18 Å². The van der Waals surface area contributed by atoms with Gasteiger partial charge in [0.25, 0.3) is 0 Å². The second kappa shape index (κ2) is 8.84. The molecule has 0 aromatic heterocycles. The zero-order valence-corrected chi connectivity index (χ0v) is 12.6. The Kier molecular flexibility index (Phi) is 8.30. The van der Waals surface area contributed by atoms with Crippen LogP contribution in [0.15, 0.2) is 18.2 Å². The fourth-order valence-corrected chi connectivity index (χ4v) is 1.58. The molecular weight excluding hydrogens is 267 g/mol. The number of ether oxygens (including phenoxy) is 1. The van der Waals surface area contributed by atoms with Gasteiger partial charge < -0.3 is 10.5 Å². The van der Waals surface area contributed by atoms with Crippen LogP contribution < -0.4 is 10.5 Å². The van der Waals surface area contributed by atoms with Crippen LogP contribution in [0.3, 0.4) is 0 Å². The monoisotopic (exact) mass is 291 g/mol. The van der Waals surface area contributed by atoms with Crippen molar-refractivity contribution in [3.05, 3.63) is 29.3 Å². The van der Waals surface area contributed by atoms with E-state index in [2.05, 4.69) is 0 Å². The molecule has 0 aliphatic rings. The average molecular weight is 291 g/mol. The summed E-state index contributed by atoms with van der Waals surface area (Å²) < 4.78 is 43.2. The second-order valence-electron chi connectivity index (χ2n) is 4.40. The lowest BCUT2D eigenvalue weighted by Crippen LogP contribution is -2.10. The third kappa shape index (κ3) is 5.82. The van der Waals surface area contributed by atoms with Crippen molar-refractivity contribution in [2.24, 2.45) is 5.73 Å². The molecular formula is C15H24F3NO. The highest BCUT2D eigenvalue weighted by atomic mass is 19.4. The highest BCUT2D eigenvalue weighted by molar-refractivity contribution is 5.40. The van der Waals surface area contributed by atoms with E-state index in [1.165, 1.54) is 6.07 Å². The molecule has 0 saturated carbocycles. The molecule has 5 heteroatoms. The predicted octanol–water partition coefficient (Wildman–Crippen LogP) is 4.58.